The van der Waals surface area contributed by atoms with Crippen LogP contribution in [-0.4, -0.2) is 63.9 Å². The molecular weight excluding hydrogens is 246 g/mol. The van der Waals surface area contributed by atoms with Gasteiger partial charge in [-0.15, -0.1) is 0 Å². The van der Waals surface area contributed by atoms with Crippen LogP contribution in [0.25, 0.3) is 0 Å². The van der Waals surface area contributed by atoms with Gasteiger partial charge in [0.2, 0.25) is 0 Å². The molecule has 0 aliphatic rings. The largest absolute Gasteiger partial charge is 0.389 e. The first-order valence-electron chi connectivity index (χ1n) is 7.28. The van der Waals surface area contributed by atoms with Crippen LogP contribution in [0, 0.1) is 5.92 Å². The van der Waals surface area contributed by atoms with Crippen molar-refractivity contribution in [3.8, 4) is 0 Å². The molecule has 0 fully saturated rings. The molecule has 1 atom stereocenters. The molecule has 19 heavy (non-hydrogen) atoms. The van der Waals surface area contributed by atoms with Gasteiger partial charge in [-0.2, -0.15) is 0 Å². The van der Waals surface area contributed by atoms with Gasteiger partial charge in [0.25, 0.3) is 0 Å². The summed E-state index contributed by atoms with van der Waals surface area (Å²) >= 11 is 0. The van der Waals surface area contributed by atoms with Crippen LogP contribution in [-0.2, 0) is 14.2 Å². The summed E-state index contributed by atoms with van der Waals surface area (Å²) < 4.78 is 15.9. The molecule has 2 N–H and O–H groups in total. The topological polar surface area (TPSA) is 60.0 Å². The van der Waals surface area contributed by atoms with Crippen LogP contribution in [0.3, 0.4) is 0 Å². The number of hydrogen-bond donors (Lipinski definition) is 2. The van der Waals surface area contributed by atoms with Gasteiger partial charge in [0.15, 0.2) is 0 Å². The van der Waals surface area contributed by atoms with E-state index in [9.17, 15) is 5.11 Å². The van der Waals surface area contributed by atoms with Crippen molar-refractivity contribution in [1.82, 2.24) is 5.32 Å². The third-order valence-electron chi connectivity index (χ3n) is 2.36. The fourth-order valence-electron chi connectivity index (χ4n) is 1.43. The Morgan fingerprint density at radius 2 is 1.68 bits per heavy atom. The highest BCUT2D eigenvalue weighted by Gasteiger charge is 2.03. The highest BCUT2D eigenvalue weighted by atomic mass is 16.5. The van der Waals surface area contributed by atoms with Gasteiger partial charge in [-0.05, 0) is 25.8 Å². The Kier molecular flexibility index (Phi) is 14.1. The molecule has 0 amide bonds. The smallest absolute Gasteiger partial charge is 0.0897 e. The molecule has 0 aliphatic heterocycles. The van der Waals surface area contributed by atoms with Crippen LogP contribution in [0.2, 0.25) is 0 Å². The normalized spacial score (nSPS) is 13.1. The Bertz CT molecular complexity index is 179. The summed E-state index contributed by atoms with van der Waals surface area (Å²) in [5.41, 5.74) is 0. The first-order valence-corrected chi connectivity index (χ1v) is 7.28. The Labute approximate surface area is 117 Å². The Morgan fingerprint density at radius 3 is 2.37 bits per heavy atom. The van der Waals surface area contributed by atoms with Crippen molar-refractivity contribution < 1.29 is 19.3 Å². The summed E-state index contributed by atoms with van der Waals surface area (Å²) in [7, 11) is 0. The lowest BCUT2D eigenvalue weighted by molar-refractivity contribution is 0.00636. The van der Waals surface area contributed by atoms with Crippen LogP contribution in [0.5, 0.6) is 0 Å². The molecule has 0 aromatic carbocycles. The van der Waals surface area contributed by atoms with Gasteiger partial charge in [0, 0.05) is 26.4 Å². The zero-order chi connectivity index (χ0) is 14.3. The zero-order valence-corrected chi connectivity index (χ0v) is 12.7. The van der Waals surface area contributed by atoms with Gasteiger partial charge in [-0.1, -0.05) is 13.8 Å². The van der Waals surface area contributed by atoms with Gasteiger partial charge in [-0.3, -0.25) is 0 Å². The van der Waals surface area contributed by atoms with Gasteiger partial charge in [-0.25, -0.2) is 0 Å². The lowest BCUT2D eigenvalue weighted by Crippen LogP contribution is -2.31. The SMILES string of the molecule is CCOCCOCC(O)CNCCCOCC(C)C. The van der Waals surface area contributed by atoms with Gasteiger partial charge in [0.1, 0.15) is 0 Å². The molecule has 0 radical (unpaired) electrons. The summed E-state index contributed by atoms with van der Waals surface area (Å²) in [5, 5.41) is 12.8. The summed E-state index contributed by atoms with van der Waals surface area (Å²) in [6.07, 6.45) is 0.503. The Hall–Kier alpha value is -0.200. The first kappa shape index (κ1) is 18.8. The zero-order valence-electron chi connectivity index (χ0n) is 12.7. The van der Waals surface area contributed by atoms with Crippen molar-refractivity contribution in [2.45, 2.75) is 33.3 Å². The second kappa shape index (κ2) is 14.2. The van der Waals surface area contributed by atoms with E-state index in [1.807, 2.05) is 6.92 Å². The molecule has 0 aromatic heterocycles. The van der Waals surface area contributed by atoms with E-state index < -0.39 is 6.10 Å². The minimum Gasteiger partial charge on any atom is -0.389 e. The second-order valence-corrected chi connectivity index (χ2v) is 4.95. The molecule has 0 saturated heterocycles. The third-order valence-corrected chi connectivity index (χ3v) is 2.36. The molecule has 0 rings (SSSR count). The molecule has 5 heteroatoms. The van der Waals surface area contributed by atoms with E-state index in [1.165, 1.54) is 0 Å². The number of hydrogen-bond acceptors (Lipinski definition) is 5. The van der Waals surface area contributed by atoms with Crippen molar-refractivity contribution in [2.75, 3.05) is 52.7 Å². The first-order chi connectivity index (χ1) is 9.16. The minimum atomic E-state index is -0.460. The maximum atomic E-state index is 9.62. The van der Waals surface area contributed by atoms with Crippen LogP contribution in [0.4, 0.5) is 0 Å². The number of rotatable bonds is 14. The van der Waals surface area contributed by atoms with Crippen LogP contribution in [0.15, 0.2) is 0 Å². The summed E-state index contributed by atoms with van der Waals surface area (Å²) in [6, 6.07) is 0. The lowest BCUT2D eigenvalue weighted by atomic mass is 10.2. The maximum Gasteiger partial charge on any atom is 0.0897 e. The van der Waals surface area contributed by atoms with Gasteiger partial charge >= 0.3 is 0 Å². The predicted molar refractivity (Wildman–Crippen MR) is 76.5 cm³/mol. The molecule has 0 bridgehead atoms. The van der Waals surface area contributed by atoms with Crippen LogP contribution >= 0.6 is 0 Å². The lowest BCUT2D eigenvalue weighted by Gasteiger charge is -2.12. The fourth-order valence-corrected chi connectivity index (χ4v) is 1.43. The second-order valence-electron chi connectivity index (χ2n) is 4.95. The van der Waals surface area contributed by atoms with Crippen molar-refractivity contribution in [2.24, 2.45) is 5.92 Å². The standard InChI is InChI=1S/C14H31NO4/c1-4-17-8-9-19-12-14(16)10-15-6-5-7-18-11-13(2)3/h13-16H,4-12H2,1-3H3. The summed E-state index contributed by atoms with van der Waals surface area (Å²) in [6.45, 7) is 11.4. The van der Waals surface area contributed by atoms with E-state index in [2.05, 4.69) is 19.2 Å². The van der Waals surface area contributed by atoms with E-state index >= 15 is 0 Å². The monoisotopic (exact) mass is 277 g/mol. The van der Waals surface area contributed by atoms with Gasteiger partial charge < -0.3 is 24.6 Å². The van der Waals surface area contributed by atoms with Crippen LogP contribution < -0.4 is 5.32 Å². The molecule has 0 heterocycles. The van der Waals surface area contributed by atoms with Crippen molar-refractivity contribution in [3.63, 3.8) is 0 Å². The van der Waals surface area contributed by atoms with Crippen molar-refractivity contribution >= 4 is 0 Å². The highest BCUT2D eigenvalue weighted by Crippen LogP contribution is 1.93. The maximum absolute atomic E-state index is 9.62. The molecule has 0 aromatic rings. The quantitative estimate of drug-likeness (QED) is 0.465. The van der Waals surface area contributed by atoms with Crippen molar-refractivity contribution in [3.05, 3.63) is 0 Å². The molecule has 5 nitrogen and oxygen atoms in total. The third kappa shape index (κ3) is 15.7. The van der Waals surface area contributed by atoms with E-state index in [0.29, 0.717) is 38.9 Å². The Balaban J connectivity index is 3.13. The fraction of sp³-hybridized carbons (Fsp3) is 1.00. The molecule has 0 saturated carbocycles. The number of aliphatic hydroxyl groups excluding tert-OH is 1. The average molecular weight is 277 g/mol. The molecule has 0 spiro atoms. The van der Waals surface area contributed by atoms with E-state index in [4.69, 9.17) is 14.2 Å². The van der Waals surface area contributed by atoms with E-state index in [-0.39, 0.29) is 0 Å². The Morgan fingerprint density at radius 1 is 1.00 bits per heavy atom. The summed E-state index contributed by atoms with van der Waals surface area (Å²) in [5.74, 6) is 0.587. The van der Waals surface area contributed by atoms with E-state index in [0.717, 1.165) is 26.2 Å². The molecule has 1 unspecified atom stereocenters. The molecule has 116 valence electrons. The van der Waals surface area contributed by atoms with Gasteiger partial charge in [0.05, 0.1) is 25.9 Å². The summed E-state index contributed by atoms with van der Waals surface area (Å²) in [4.78, 5) is 0. The van der Waals surface area contributed by atoms with Crippen LogP contribution in [0.1, 0.15) is 27.2 Å². The number of nitrogens with one attached hydrogen (secondary N) is 1. The van der Waals surface area contributed by atoms with E-state index in [1.54, 1.807) is 0 Å². The predicted octanol–water partition coefficient (Wildman–Crippen LogP) is 1.05. The average Bonchev–Trinajstić information content (AvgIpc) is 2.37. The minimum absolute atomic E-state index is 0.351. The highest BCUT2D eigenvalue weighted by molar-refractivity contribution is 4.58. The number of aliphatic hydroxyl groups is 1. The molecule has 0 aliphatic carbocycles. The molecular formula is C14H31NO4. The number of ether oxygens (including phenoxy) is 3. The van der Waals surface area contributed by atoms with Crippen molar-refractivity contribution in [1.29, 1.82) is 0 Å².